The van der Waals surface area contributed by atoms with Crippen molar-refractivity contribution in [2.45, 2.75) is 38.3 Å². The molecule has 128 valence electrons. The van der Waals surface area contributed by atoms with Crippen LogP contribution in [-0.2, 0) is 9.59 Å². The van der Waals surface area contributed by atoms with E-state index in [0.717, 1.165) is 0 Å². The van der Waals surface area contributed by atoms with Crippen molar-refractivity contribution >= 4 is 18.3 Å². The second kappa shape index (κ2) is 8.28. The largest absolute Gasteiger partial charge is 0.483 e. The highest BCUT2D eigenvalue weighted by Gasteiger charge is 2.35. The molecule has 1 saturated heterocycles. The molecule has 1 aliphatic heterocycles. The predicted molar refractivity (Wildman–Crippen MR) is 79.2 cm³/mol. The highest BCUT2D eigenvalue weighted by molar-refractivity contribution is 5.92. The van der Waals surface area contributed by atoms with Crippen LogP contribution in [0.3, 0.4) is 0 Å². The van der Waals surface area contributed by atoms with E-state index in [1.165, 1.54) is 0 Å². The molecule has 3 N–H and O–H groups in total. The highest BCUT2D eigenvalue weighted by Crippen LogP contribution is 2.18. The highest BCUT2D eigenvalue weighted by atomic mass is 16.5. The van der Waals surface area contributed by atoms with Crippen LogP contribution in [0, 0.1) is 0 Å². The lowest BCUT2D eigenvalue weighted by Crippen LogP contribution is -2.36. The van der Waals surface area contributed by atoms with E-state index in [0.29, 0.717) is 18.7 Å². The molecule has 1 aromatic rings. The SMILES string of the molecule is CC(C)c1cc(C(=O)N[C@@H]2C[C@@H](C(=O)O)N(C)C2)no1.O=CO. The van der Waals surface area contributed by atoms with Crippen molar-refractivity contribution in [2.24, 2.45) is 0 Å². The van der Waals surface area contributed by atoms with Crippen LogP contribution in [-0.4, -0.2) is 64.3 Å². The first-order chi connectivity index (χ1) is 10.8. The van der Waals surface area contributed by atoms with Crippen LogP contribution in [0.1, 0.15) is 42.4 Å². The molecule has 0 unspecified atom stereocenters. The lowest BCUT2D eigenvalue weighted by Gasteiger charge is -2.13. The van der Waals surface area contributed by atoms with E-state index in [1.807, 2.05) is 13.8 Å². The van der Waals surface area contributed by atoms with Crippen LogP contribution in [0.5, 0.6) is 0 Å². The average molecular weight is 327 g/mol. The number of rotatable bonds is 4. The molecule has 0 aromatic carbocycles. The number of likely N-dealkylation sites (tertiary alicyclic amines) is 1. The Hall–Kier alpha value is -2.42. The minimum atomic E-state index is -0.868. The Labute approximate surface area is 133 Å². The molecule has 2 rings (SSSR count). The molecule has 0 spiro atoms. The van der Waals surface area contributed by atoms with Gasteiger partial charge in [0.1, 0.15) is 11.8 Å². The molecule has 2 atom stereocenters. The van der Waals surface area contributed by atoms with Crippen molar-refractivity contribution in [1.82, 2.24) is 15.4 Å². The maximum atomic E-state index is 12.0. The Bertz CT molecular complexity index is 556. The lowest BCUT2D eigenvalue weighted by atomic mass is 10.1. The maximum Gasteiger partial charge on any atom is 0.320 e. The molecule has 1 amide bonds. The first kappa shape index (κ1) is 18.6. The normalized spacial score (nSPS) is 20.7. The molecule has 9 nitrogen and oxygen atoms in total. The Morgan fingerprint density at radius 2 is 2.13 bits per heavy atom. The second-order valence-corrected chi connectivity index (χ2v) is 5.57. The van der Waals surface area contributed by atoms with E-state index >= 15 is 0 Å². The number of carboxylic acid groups (broad SMARTS) is 2. The fourth-order valence-electron chi connectivity index (χ4n) is 2.32. The number of amides is 1. The van der Waals surface area contributed by atoms with Crippen LogP contribution in [0.4, 0.5) is 0 Å². The minimum absolute atomic E-state index is 0.165. The number of carboxylic acids is 1. The summed E-state index contributed by atoms with van der Waals surface area (Å²) in [7, 11) is 1.73. The number of likely N-dealkylation sites (N-methyl/N-ethyl adjacent to an activating group) is 1. The smallest absolute Gasteiger partial charge is 0.320 e. The predicted octanol–water partition coefficient (Wildman–Crippen LogP) is 0.386. The van der Waals surface area contributed by atoms with Crippen LogP contribution in [0.15, 0.2) is 10.6 Å². The molecule has 1 aliphatic rings. The first-order valence-electron chi connectivity index (χ1n) is 7.08. The molecule has 9 heteroatoms. The Kier molecular flexibility index (Phi) is 6.70. The quantitative estimate of drug-likeness (QED) is 0.676. The molecule has 1 fully saturated rings. The number of carbonyl (C=O) groups is 3. The standard InChI is InChI=1S/C13H19N3O4.CH2O2/c1-7(2)11-5-9(15-20-11)12(17)14-8-4-10(13(18)19)16(3)6-8;2-1-3/h5,7-8,10H,4,6H2,1-3H3,(H,14,17)(H,18,19);1H,(H,2,3)/t8-,10+;/m1./s1. The third-order valence-electron chi connectivity index (χ3n) is 3.50. The van der Waals surface area contributed by atoms with E-state index in [2.05, 4.69) is 10.5 Å². The molecule has 0 saturated carbocycles. The number of nitrogens with zero attached hydrogens (tertiary/aromatic N) is 2. The summed E-state index contributed by atoms with van der Waals surface area (Å²) >= 11 is 0. The molecule has 0 aliphatic carbocycles. The van der Waals surface area contributed by atoms with Crippen LogP contribution >= 0.6 is 0 Å². The Balaban J connectivity index is 0.000000816. The molecule has 1 aromatic heterocycles. The minimum Gasteiger partial charge on any atom is -0.483 e. The van der Waals surface area contributed by atoms with Gasteiger partial charge in [0.25, 0.3) is 12.4 Å². The molecular formula is C14H21N3O6. The van der Waals surface area contributed by atoms with Crippen molar-refractivity contribution in [1.29, 1.82) is 0 Å². The zero-order chi connectivity index (χ0) is 17.6. The fraction of sp³-hybridized carbons (Fsp3) is 0.571. The summed E-state index contributed by atoms with van der Waals surface area (Å²) in [6, 6.07) is 0.879. The van der Waals surface area contributed by atoms with Gasteiger partial charge in [0, 0.05) is 24.6 Å². The molecule has 2 heterocycles. The maximum absolute atomic E-state index is 12.0. The third-order valence-corrected chi connectivity index (χ3v) is 3.50. The summed E-state index contributed by atoms with van der Waals surface area (Å²) in [4.78, 5) is 33.1. The summed E-state index contributed by atoms with van der Waals surface area (Å²) in [5.41, 5.74) is 0.232. The van der Waals surface area contributed by atoms with Gasteiger partial charge < -0.3 is 20.1 Å². The summed E-state index contributed by atoms with van der Waals surface area (Å²) in [6.07, 6.45) is 0.395. The first-order valence-corrected chi connectivity index (χ1v) is 7.08. The van der Waals surface area contributed by atoms with Crippen LogP contribution in [0.2, 0.25) is 0 Å². The molecule has 0 radical (unpaired) electrons. The van der Waals surface area contributed by atoms with Gasteiger partial charge in [0.05, 0.1) is 0 Å². The van der Waals surface area contributed by atoms with Gasteiger partial charge in [-0.1, -0.05) is 19.0 Å². The average Bonchev–Trinajstić information content (AvgIpc) is 3.06. The zero-order valence-electron chi connectivity index (χ0n) is 13.2. The van der Waals surface area contributed by atoms with E-state index < -0.39 is 12.0 Å². The topological polar surface area (TPSA) is 133 Å². The van der Waals surface area contributed by atoms with E-state index in [4.69, 9.17) is 19.5 Å². The van der Waals surface area contributed by atoms with Gasteiger partial charge in [0.15, 0.2) is 5.69 Å². The van der Waals surface area contributed by atoms with E-state index in [1.54, 1.807) is 18.0 Å². The zero-order valence-corrected chi connectivity index (χ0v) is 13.2. The summed E-state index contributed by atoms with van der Waals surface area (Å²) < 4.78 is 5.08. The van der Waals surface area contributed by atoms with Crippen molar-refractivity contribution < 1.29 is 29.1 Å². The number of aromatic nitrogens is 1. The van der Waals surface area contributed by atoms with Gasteiger partial charge in [0.2, 0.25) is 0 Å². The van der Waals surface area contributed by atoms with Gasteiger partial charge in [-0.25, -0.2) is 0 Å². The van der Waals surface area contributed by atoms with Crippen molar-refractivity contribution in [2.75, 3.05) is 13.6 Å². The van der Waals surface area contributed by atoms with Gasteiger partial charge in [-0.15, -0.1) is 0 Å². The van der Waals surface area contributed by atoms with Gasteiger partial charge in [-0.2, -0.15) is 0 Å². The summed E-state index contributed by atoms with van der Waals surface area (Å²) in [5, 5.41) is 22.5. The van der Waals surface area contributed by atoms with E-state index in [9.17, 15) is 9.59 Å². The molecule has 0 bridgehead atoms. The van der Waals surface area contributed by atoms with E-state index in [-0.39, 0.29) is 30.0 Å². The lowest BCUT2D eigenvalue weighted by molar-refractivity contribution is -0.141. The number of hydrogen-bond acceptors (Lipinski definition) is 6. The Morgan fingerprint density at radius 1 is 1.52 bits per heavy atom. The van der Waals surface area contributed by atoms with Crippen LogP contribution in [0.25, 0.3) is 0 Å². The van der Waals surface area contributed by atoms with Gasteiger partial charge in [-0.05, 0) is 13.5 Å². The molecular weight excluding hydrogens is 306 g/mol. The van der Waals surface area contributed by atoms with Gasteiger partial charge in [-0.3, -0.25) is 19.3 Å². The third kappa shape index (κ3) is 5.06. The monoisotopic (exact) mass is 327 g/mol. The summed E-state index contributed by atoms with van der Waals surface area (Å²) in [5.74, 6) is -0.377. The van der Waals surface area contributed by atoms with Crippen molar-refractivity contribution in [3.05, 3.63) is 17.5 Å². The number of hydrogen-bond donors (Lipinski definition) is 3. The number of carbonyl (C=O) groups excluding carboxylic acids is 1. The van der Waals surface area contributed by atoms with Crippen molar-refractivity contribution in [3.63, 3.8) is 0 Å². The van der Waals surface area contributed by atoms with Gasteiger partial charge >= 0.3 is 5.97 Å². The van der Waals surface area contributed by atoms with Crippen molar-refractivity contribution in [3.8, 4) is 0 Å². The summed E-state index contributed by atoms with van der Waals surface area (Å²) in [6.45, 7) is 4.16. The number of nitrogens with one attached hydrogen (secondary N) is 1. The second-order valence-electron chi connectivity index (χ2n) is 5.57. The Morgan fingerprint density at radius 3 is 2.57 bits per heavy atom. The fourth-order valence-corrected chi connectivity index (χ4v) is 2.32. The number of aliphatic carboxylic acids is 1. The molecule has 23 heavy (non-hydrogen) atoms. The van der Waals surface area contributed by atoms with Crippen LogP contribution < -0.4 is 5.32 Å².